The van der Waals surface area contributed by atoms with Gasteiger partial charge in [0.15, 0.2) is 5.84 Å². The van der Waals surface area contributed by atoms with Crippen molar-refractivity contribution in [1.82, 2.24) is 5.32 Å². The van der Waals surface area contributed by atoms with E-state index in [1.165, 1.54) is 11.4 Å². The molecule has 4 rings (SSSR count). The number of piperazine rings is 1. The number of hydrogen-bond donors (Lipinski definition) is 2. The highest BCUT2D eigenvalue weighted by atomic mass is 16.7. The summed E-state index contributed by atoms with van der Waals surface area (Å²) in [6.45, 7) is 16.5. The van der Waals surface area contributed by atoms with Crippen LogP contribution in [0.5, 0.6) is 0 Å². The number of benzene rings is 2. The Morgan fingerprint density at radius 2 is 1.35 bits per heavy atom. The average Bonchev–Trinajstić information content (AvgIpc) is 3.13. The van der Waals surface area contributed by atoms with Crippen molar-refractivity contribution in [1.29, 1.82) is 5.41 Å². The fraction of sp³-hybridized carbons (Fsp3) is 0.517. The molecule has 0 atom stereocenters. The lowest BCUT2D eigenvalue weighted by Gasteiger charge is -2.37. The summed E-state index contributed by atoms with van der Waals surface area (Å²) >= 11 is 0. The van der Waals surface area contributed by atoms with E-state index in [1.807, 2.05) is 12.1 Å². The first kappa shape index (κ1) is 27.2. The molecular formula is C29H42BN5O2. The summed E-state index contributed by atoms with van der Waals surface area (Å²) < 4.78 is 12.4. The van der Waals surface area contributed by atoms with Gasteiger partial charge in [0, 0.05) is 49.2 Å². The maximum absolute atomic E-state index is 8.26. The molecule has 198 valence electrons. The van der Waals surface area contributed by atoms with Crippen molar-refractivity contribution < 1.29 is 9.31 Å². The van der Waals surface area contributed by atoms with Crippen molar-refractivity contribution in [2.45, 2.75) is 71.6 Å². The molecule has 0 aliphatic carbocycles. The number of hydrogen-bond acceptors (Lipinski definition) is 5. The topological polar surface area (TPSA) is 73.2 Å². The van der Waals surface area contributed by atoms with Crippen molar-refractivity contribution >= 4 is 36.1 Å². The van der Waals surface area contributed by atoms with Crippen molar-refractivity contribution in [3.05, 3.63) is 54.1 Å². The van der Waals surface area contributed by atoms with E-state index in [0.717, 1.165) is 50.0 Å². The largest absolute Gasteiger partial charge is 0.494 e. The average molecular weight is 504 g/mol. The van der Waals surface area contributed by atoms with E-state index in [4.69, 9.17) is 14.7 Å². The molecule has 2 N–H and O–H groups in total. The van der Waals surface area contributed by atoms with Crippen LogP contribution in [-0.4, -0.2) is 62.7 Å². The lowest BCUT2D eigenvalue weighted by atomic mass is 9.79. The third-order valence-corrected chi connectivity index (χ3v) is 8.06. The summed E-state index contributed by atoms with van der Waals surface area (Å²) in [6.07, 6.45) is 3.75. The first-order chi connectivity index (χ1) is 17.6. The molecule has 0 bridgehead atoms. The molecule has 2 saturated heterocycles. The van der Waals surface area contributed by atoms with Crippen LogP contribution in [0.1, 0.15) is 59.9 Å². The molecule has 2 aliphatic rings. The van der Waals surface area contributed by atoms with Crippen LogP contribution >= 0.6 is 0 Å². The quantitative estimate of drug-likeness (QED) is 0.317. The first-order valence-electron chi connectivity index (χ1n) is 13.6. The summed E-state index contributed by atoms with van der Waals surface area (Å²) in [5, 5.41) is 11.5. The van der Waals surface area contributed by atoms with Crippen LogP contribution in [0.25, 0.3) is 0 Å². The lowest BCUT2D eigenvalue weighted by molar-refractivity contribution is 0.00578. The predicted molar refractivity (Wildman–Crippen MR) is 156 cm³/mol. The fourth-order valence-corrected chi connectivity index (χ4v) is 4.68. The van der Waals surface area contributed by atoms with E-state index in [2.05, 4.69) is 98.0 Å². The van der Waals surface area contributed by atoms with E-state index in [0.29, 0.717) is 6.04 Å². The highest BCUT2D eigenvalue weighted by Crippen LogP contribution is 2.36. The van der Waals surface area contributed by atoms with Crippen LogP contribution in [0.2, 0.25) is 0 Å². The molecule has 2 fully saturated rings. The van der Waals surface area contributed by atoms with Gasteiger partial charge in [-0.25, -0.2) is 4.99 Å². The van der Waals surface area contributed by atoms with Crippen LogP contribution in [0, 0.1) is 5.41 Å². The Balaban J connectivity index is 1.29. The van der Waals surface area contributed by atoms with Crippen LogP contribution in [-0.2, 0) is 9.31 Å². The normalized spacial score (nSPS) is 19.2. The van der Waals surface area contributed by atoms with E-state index in [1.54, 1.807) is 6.34 Å². The fourth-order valence-electron chi connectivity index (χ4n) is 4.68. The van der Waals surface area contributed by atoms with Crippen molar-refractivity contribution in [3.63, 3.8) is 0 Å². The number of amidine groups is 1. The van der Waals surface area contributed by atoms with Gasteiger partial charge in [0.2, 0.25) is 0 Å². The number of nitrogens with zero attached hydrogens (tertiary/aromatic N) is 3. The lowest BCUT2D eigenvalue weighted by Crippen LogP contribution is -2.46. The van der Waals surface area contributed by atoms with Gasteiger partial charge in [-0.3, -0.25) is 5.41 Å². The zero-order valence-electron chi connectivity index (χ0n) is 23.3. The number of rotatable bonds is 8. The molecule has 2 aliphatic heterocycles. The van der Waals surface area contributed by atoms with Gasteiger partial charge in [0.1, 0.15) is 0 Å². The van der Waals surface area contributed by atoms with Crippen molar-refractivity contribution in [2.24, 2.45) is 4.99 Å². The van der Waals surface area contributed by atoms with Gasteiger partial charge in [0.05, 0.1) is 17.5 Å². The molecule has 0 spiro atoms. The zero-order chi connectivity index (χ0) is 26.6. The molecule has 37 heavy (non-hydrogen) atoms. The summed E-state index contributed by atoms with van der Waals surface area (Å²) in [5.74, 6) is 0.277. The molecule has 2 aromatic carbocycles. The Labute approximate surface area is 222 Å². The third kappa shape index (κ3) is 6.19. The second-order valence-electron chi connectivity index (χ2n) is 11.0. The highest BCUT2D eigenvalue weighted by Gasteiger charge is 2.51. The predicted octanol–water partition coefficient (Wildman–Crippen LogP) is 4.44. The molecule has 8 heteroatoms. The molecule has 0 radical (unpaired) electrons. The second-order valence-corrected chi connectivity index (χ2v) is 11.0. The van der Waals surface area contributed by atoms with Gasteiger partial charge in [-0.15, -0.1) is 0 Å². The smallest absolute Gasteiger partial charge is 0.399 e. The van der Waals surface area contributed by atoms with Crippen LogP contribution in [0.3, 0.4) is 0 Å². The molecule has 0 amide bonds. The minimum atomic E-state index is -0.331. The standard InChI is InChI=1S/C29H42BN5O2/c1-7-24(8-2)32-21-33-27(31)22-9-13-25(14-10-22)34-17-19-35(20-18-34)26-15-11-23(12-16-26)30-36-28(3,4)29(5,6)37-30/h9-16,21,24H,7-8,17-20H2,1-6H3,(H2,31,32,33). The second kappa shape index (κ2) is 11.3. The Kier molecular flexibility index (Phi) is 8.29. The number of anilines is 2. The van der Waals surface area contributed by atoms with Crippen molar-refractivity contribution in [3.8, 4) is 0 Å². The summed E-state index contributed by atoms with van der Waals surface area (Å²) in [6, 6.07) is 17.2. The highest BCUT2D eigenvalue weighted by molar-refractivity contribution is 6.62. The van der Waals surface area contributed by atoms with E-state index < -0.39 is 0 Å². The maximum Gasteiger partial charge on any atom is 0.494 e. The summed E-state index contributed by atoms with van der Waals surface area (Å²) in [5.41, 5.74) is 3.63. The SMILES string of the molecule is CCC(CC)N/C=N\C(=N)c1ccc(N2CCN(c3ccc(B4OC(C)(C)C(C)(C)O4)cc3)CC2)cc1. The van der Waals surface area contributed by atoms with Gasteiger partial charge in [-0.2, -0.15) is 0 Å². The summed E-state index contributed by atoms with van der Waals surface area (Å²) in [4.78, 5) is 9.10. The van der Waals surface area contributed by atoms with E-state index in [-0.39, 0.29) is 24.2 Å². The summed E-state index contributed by atoms with van der Waals surface area (Å²) in [7, 11) is -0.327. The van der Waals surface area contributed by atoms with Crippen LogP contribution < -0.4 is 20.6 Å². The Morgan fingerprint density at radius 1 is 0.892 bits per heavy atom. The van der Waals surface area contributed by atoms with Crippen molar-refractivity contribution in [2.75, 3.05) is 36.0 Å². The van der Waals surface area contributed by atoms with Gasteiger partial charge in [0.25, 0.3) is 0 Å². The molecular weight excluding hydrogens is 461 g/mol. The number of nitrogens with one attached hydrogen (secondary N) is 2. The van der Waals surface area contributed by atoms with Crippen LogP contribution in [0.15, 0.2) is 53.5 Å². The first-order valence-corrected chi connectivity index (χ1v) is 13.6. The minimum Gasteiger partial charge on any atom is -0.399 e. The van der Waals surface area contributed by atoms with Crippen LogP contribution in [0.4, 0.5) is 11.4 Å². The van der Waals surface area contributed by atoms with E-state index >= 15 is 0 Å². The maximum atomic E-state index is 8.26. The van der Waals surface area contributed by atoms with Gasteiger partial charge in [-0.05, 0) is 82.4 Å². The number of aliphatic imine (C=N–C) groups is 1. The third-order valence-electron chi connectivity index (χ3n) is 8.06. The molecule has 7 nitrogen and oxygen atoms in total. The zero-order valence-corrected chi connectivity index (χ0v) is 23.3. The van der Waals surface area contributed by atoms with Gasteiger partial charge >= 0.3 is 7.12 Å². The molecule has 0 unspecified atom stereocenters. The Morgan fingerprint density at radius 3 is 1.81 bits per heavy atom. The monoisotopic (exact) mass is 503 g/mol. The molecule has 2 aromatic rings. The molecule has 0 saturated carbocycles. The van der Waals surface area contributed by atoms with E-state index in [9.17, 15) is 0 Å². The Hall–Kier alpha value is -2.84. The molecule has 0 aromatic heterocycles. The van der Waals surface area contributed by atoms with Gasteiger partial charge in [-0.1, -0.05) is 26.0 Å². The minimum absolute atomic E-state index is 0.277. The molecule has 2 heterocycles. The van der Waals surface area contributed by atoms with Gasteiger partial charge < -0.3 is 24.4 Å². The Bertz CT molecular complexity index is 1060.